The number of guanidine groups is 1. The van der Waals surface area contributed by atoms with E-state index in [9.17, 15) is 9.59 Å². The van der Waals surface area contributed by atoms with Crippen LogP contribution < -0.4 is 10.6 Å². The average Bonchev–Trinajstić information content (AvgIpc) is 2.59. The van der Waals surface area contributed by atoms with Gasteiger partial charge in [0.15, 0.2) is 0 Å². The minimum atomic E-state index is -0.142. The summed E-state index contributed by atoms with van der Waals surface area (Å²) in [6.45, 7) is 1.93. The molecule has 2 fully saturated rings. The number of carbonyl (C=O) groups excluding carboxylic acids is 2. The van der Waals surface area contributed by atoms with Crippen molar-refractivity contribution in [2.45, 2.75) is 12.8 Å². The molecule has 2 rings (SSSR count). The summed E-state index contributed by atoms with van der Waals surface area (Å²) in [7, 11) is 1.74. The Morgan fingerprint density at radius 1 is 1.56 bits per heavy atom. The van der Waals surface area contributed by atoms with Crippen LogP contribution in [-0.2, 0) is 9.59 Å². The lowest BCUT2D eigenvalue weighted by Gasteiger charge is -2.20. The van der Waals surface area contributed by atoms with E-state index >= 15 is 0 Å². The lowest BCUT2D eigenvalue weighted by molar-refractivity contribution is -0.122. The quantitative estimate of drug-likeness (QED) is 0.595. The van der Waals surface area contributed by atoms with Gasteiger partial charge in [-0.05, 0) is 19.4 Å². The van der Waals surface area contributed by atoms with Crippen LogP contribution in [0.25, 0.3) is 0 Å². The predicted molar refractivity (Wildman–Crippen MR) is 58.8 cm³/mol. The van der Waals surface area contributed by atoms with Gasteiger partial charge in [-0.3, -0.25) is 14.9 Å². The second kappa shape index (κ2) is 4.61. The lowest BCUT2D eigenvalue weighted by atomic mass is 9.99. The molecule has 88 valence electrons. The van der Waals surface area contributed by atoms with Gasteiger partial charge in [-0.2, -0.15) is 4.99 Å². The number of piperidine rings is 1. The Balaban J connectivity index is 1.99. The number of nitrogens with one attached hydrogen (secondary N) is 2. The monoisotopic (exact) mass is 224 g/mol. The van der Waals surface area contributed by atoms with Gasteiger partial charge >= 0.3 is 0 Å². The number of hydrogen-bond acceptors (Lipinski definition) is 3. The van der Waals surface area contributed by atoms with Crippen LogP contribution in [0.2, 0.25) is 0 Å². The van der Waals surface area contributed by atoms with Crippen molar-refractivity contribution in [1.82, 2.24) is 15.5 Å². The molecule has 0 unspecified atom stereocenters. The second-order valence-electron chi connectivity index (χ2n) is 4.22. The summed E-state index contributed by atoms with van der Waals surface area (Å²) >= 11 is 0. The van der Waals surface area contributed by atoms with Crippen LogP contribution in [0, 0.1) is 5.92 Å². The first kappa shape index (κ1) is 11.1. The number of nitrogens with zero attached hydrogens (tertiary/aromatic N) is 2. The number of hydrogen-bond donors (Lipinski definition) is 2. The summed E-state index contributed by atoms with van der Waals surface area (Å²) < 4.78 is 0. The smallest absolute Gasteiger partial charge is 0.253 e. The highest BCUT2D eigenvalue weighted by Crippen LogP contribution is 2.12. The predicted octanol–water partition coefficient (Wildman–Crippen LogP) is -1.07. The normalized spacial score (nSPS) is 28.3. The maximum absolute atomic E-state index is 11.8. The zero-order valence-electron chi connectivity index (χ0n) is 9.32. The molecule has 16 heavy (non-hydrogen) atoms. The third kappa shape index (κ3) is 2.38. The van der Waals surface area contributed by atoms with Crippen molar-refractivity contribution < 1.29 is 9.59 Å². The molecule has 2 amide bonds. The van der Waals surface area contributed by atoms with Crippen LogP contribution in [0.1, 0.15) is 12.8 Å². The van der Waals surface area contributed by atoms with Crippen LogP contribution >= 0.6 is 0 Å². The van der Waals surface area contributed by atoms with Crippen molar-refractivity contribution in [1.29, 1.82) is 0 Å². The molecular weight excluding hydrogens is 208 g/mol. The van der Waals surface area contributed by atoms with E-state index in [-0.39, 0.29) is 24.3 Å². The van der Waals surface area contributed by atoms with Gasteiger partial charge in [0.2, 0.25) is 11.9 Å². The Kier molecular flexibility index (Phi) is 3.19. The molecule has 2 heterocycles. The zero-order valence-corrected chi connectivity index (χ0v) is 9.32. The third-order valence-electron chi connectivity index (χ3n) is 2.86. The van der Waals surface area contributed by atoms with Gasteiger partial charge in [0, 0.05) is 13.6 Å². The number of aliphatic imine (C=N–C) groups is 1. The molecule has 0 spiro atoms. The first-order valence-corrected chi connectivity index (χ1v) is 5.51. The maximum Gasteiger partial charge on any atom is 0.253 e. The summed E-state index contributed by atoms with van der Waals surface area (Å²) in [5.74, 6) is 0.0693. The summed E-state index contributed by atoms with van der Waals surface area (Å²) in [6.07, 6.45) is 1.88. The van der Waals surface area contributed by atoms with E-state index in [1.54, 1.807) is 11.9 Å². The standard InChI is InChI=1S/C10H16N4O2/c1-14-6-8(15)12-10(14)13-9(16)7-3-2-4-11-5-7/h7,11H,2-6H2,1H3,(H,12,13,15,16)/t7-/m0/s1. The van der Waals surface area contributed by atoms with Gasteiger partial charge in [-0.15, -0.1) is 0 Å². The second-order valence-corrected chi connectivity index (χ2v) is 4.22. The van der Waals surface area contributed by atoms with E-state index in [1.807, 2.05) is 0 Å². The lowest BCUT2D eigenvalue weighted by Crippen LogP contribution is -2.36. The van der Waals surface area contributed by atoms with Gasteiger partial charge in [0.25, 0.3) is 5.91 Å². The molecule has 0 saturated carbocycles. The molecule has 2 aliphatic heterocycles. The molecule has 2 aliphatic rings. The fourth-order valence-corrected chi connectivity index (χ4v) is 1.92. The highest BCUT2D eigenvalue weighted by atomic mass is 16.2. The van der Waals surface area contributed by atoms with E-state index < -0.39 is 0 Å². The summed E-state index contributed by atoms with van der Waals surface area (Å²) in [6, 6.07) is 0. The first-order valence-electron chi connectivity index (χ1n) is 5.51. The van der Waals surface area contributed by atoms with Crippen LogP contribution in [-0.4, -0.2) is 49.4 Å². The SMILES string of the molecule is CN1CC(=O)NC1=NC(=O)[C@H]1CCCNC1. The van der Waals surface area contributed by atoms with Crippen molar-refractivity contribution in [3.8, 4) is 0 Å². The van der Waals surface area contributed by atoms with E-state index in [0.29, 0.717) is 12.5 Å². The van der Waals surface area contributed by atoms with Crippen molar-refractivity contribution >= 4 is 17.8 Å². The molecular formula is C10H16N4O2. The molecule has 2 saturated heterocycles. The molecule has 1 atom stereocenters. The highest BCUT2D eigenvalue weighted by molar-refractivity contribution is 6.07. The van der Waals surface area contributed by atoms with Gasteiger partial charge in [0.05, 0.1) is 12.5 Å². The largest absolute Gasteiger partial charge is 0.336 e. The molecule has 0 radical (unpaired) electrons. The van der Waals surface area contributed by atoms with E-state index in [2.05, 4.69) is 15.6 Å². The molecule has 0 aliphatic carbocycles. The van der Waals surface area contributed by atoms with Crippen LogP contribution in [0.4, 0.5) is 0 Å². The molecule has 0 aromatic heterocycles. The van der Waals surface area contributed by atoms with Crippen molar-refractivity contribution in [2.75, 3.05) is 26.7 Å². The van der Waals surface area contributed by atoms with Gasteiger partial charge < -0.3 is 10.2 Å². The molecule has 0 aromatic carbocycles. The fourth-order valence-electron chi connectivity index (χ4n) is 1.92. The Morgan fingerprint density at radius 3 is 2.94 bits per heavy atom. The Labute approximate surface area is 94.1 Å². The Bertz CT molecular complexity index is 334. The van der Waals surface area contributed by atoms with Gasteiger partial charge in [-0.1, -0.05) is 0 Å². The van der Waals surface area contributed by atoms with E-state index in [0.717, 1.165) is 19.4 Å². The minimum Gasteiger partial charge on any atom is -0.336 e. The van der Waals surface area contributed by atoms with Crippen molar-refractivity contribution in [3.05, 3.63) is 0 Å². The number of rotatable bonds is 1. The Hall–Kier alpha value is -1.43. The van der Waals surface area contributed by atoms with E-state index in [4.69, 9.17) is 0 Å². The van der Waals surface area contributed by atoms with Gasteiger partial charge in [-0.25, -0.2) is 0 Å². The molecule has 6 heteroatoms. The van der Waals surface area contributed by atoms with E-state index in [1.165, 1.54) is 0 Å². The molecule has 0 aromatic rings. The van der Waals surface area contributed by atoms with Crippen molar-refractivity contribution in [2.24, 2.45) is 10.9 Å². The molecule has 6 nitrogen and oxygen atoms in total. The minimum absolute atomic E-state index is 0.0489. The molecule has 0 bridgehead atoms. The number of amides is 2. The third-order valence-corrected chi connectivity index (χ3v) is 2.86. The number of carbonyl (C=O) groups is 2. The maximum atomic E-state index is 11.8. The van der Waals surface area contributed by atoms with Crippen LogP contribution in [0.3, 0.4) is 0 Å². The summed E-state index contributed by atoms with van der Waals surface area (Å²) in [4.78, 5) is 28.5. The first-order chi connectivity index (χ1) is 7.66. The fraction of sp³-hybridized carbons (Fsp3) is 0.700. The number of likely N-dealkylation sites (N-methyl/N-ethyl adjacent to an activating group) is 1. The zero-order chi connectivity index (χ0) is 11.5. The van der Waals surface area contributed by atoms with Crippen LogP contribution in [0.15, 0.2) is 4.99 Å². The van der Waals surface area contributed by atoms with Crippen LogP contribution in [0.5, 0.6) is 0 Å². The van der Waals surface area contributed by atoms with Crippen molar-refractivity contribution in [3.63, 3.8) is 0 Å². The summed E-state index contributed by atoms with van der Waals surface area (Å²) in [5, 5.41) is 5.74. The average molecular weight is 224 g/mol. The topological polar surface area (TPSA) is 73.8 Å². The van der Waals surface area contributed by atoms with Gasteiger partial charge in [0.1, 0.15) is 0 Å². The Morgan fingerprint density at radius 2 is 2.38 bits per heavy atom. The highest BCUT2D eigenvalue weighted by Gasteiger charge is 2.25. The molecule has 2 N–H and O–H groups in total. The summed E-state index contributed by atoms with van der Waals surface area (Å²) in [5.41, 5.74) is 0.